The lowest BCUT2D eigenvalue weighted by molar-refractivity contribution is -0.122. The number of fused-ring (bicyclic) bond motifs is 2. The number of nitrogens with two attached hydrogens (primary N) is 1. The summed E-state index contributed by atoms with van der Waals surface area (Å²) in [5.41, 5.74) is 5.64. The first-order valence-corrected chi connectivity index (χ1v) is 9.94. The molecule has 0 bridgehead atoms. The minimum absolute atomic E-state index is 0.000199. The van der Waals surface area contributed by atoms with Crippen LogP contribution in [0.15, 0.2) is 59.0 Å². The van der Waals surface area contributed by atoms with Crippen LogP contribution < -0.4 is 15.8 Å². The Kier molecular flexibility index (Phi) is 5.29. The Labute approximate surface area is 183 Å². The van der Waals surface area contributed by atoms with Crippen molar-refractivity contribution in [3.05, 3.63) is 71.1 Å². The van der Waals surface area contributed by atoms with Crippen molar-refractivity contribution < 1.29 is 18.7 Å². The molecule has 0 saturated carbocycles. The Morgan fingerprint density at radius 3 is 2.71 bits per heavy atom. The number of nitrogens with zero attached hydrogens (tertiary/aromatic N) is 1. The fraction of sp³-hybridized carbons (Fsp3) is 0.174. The average Bonchev–Trinajstić information content (AvgIpc) is 3.13. The molecule has 0 saturated heterocycles. The van der Waals surface area contributed by atoms with E-state index in [4.69, 9.17) is 26.5 Å². The minimum Gasteiger partial charge on any atom is -0.482 e. The number of benzene rings is 3. The second kappa shape index (κ2) is 7.92. The molecule has 2 amide bonds. The number of carbonyl (C=O) groups is 2. The van der Waals surface area contributed by atoms with Crippen LogP contribution in [0.5, 0.6) is 5.75 Å². The lowest BCUT2D eigenvalue weighted by atomic mass is 10.0. The van der Waals surface area contributed by atoms with E-state index >= 15 is 0 Å². The Morgan fingerprint density at radius 2 is 1.94 bits per heavy atom. The monoisotopic (exact) mass is 437 g/mol. The van der Waals surface area contributed by atoms with Gasteiger partial charge in [-0.3, -0.25) is 9.59 Å². The van der Waals surface area contributed by atoms with Gasteiger partial charge in [-0.05, 0) is 37.4 Å². The van der Waals surface area contributed by atoms with Crippen LogP contribution >= 0.6 is 11.6 Å². The van der Waals surface area contributed by atoms with Gasteiger partial charge in [0, 0.05) is 16.5 Å². The number of hydrogen-bond acceptors (Lipinski definition) is 5. The van der Waals surface area contributed by atoms with Gasteiger partial charge >= 0.3 is 0 Å². The molecule has 0 aliphatic rings. The standard InChI is InChI=1S/C23H20ClN3O4/c1-23(2,22(25)29)27-21(28)16-9-7-13-5-3-4-6-15(13)20(16)30-12-19-26-17-10-8-14(24)11-18(17)31-19/h3-11H,12H2,1-2H3,(H2,25,29)(H,27,28). The number of hydrogen-bond donors (Lipinski definition) is 2. The van der Waals surface area contributed by atoms with E-state index in [1.165, 1.54) is 13.8 Å². The van der Waals surface area contributed by atoms with E-state index < -0.39 is 17.4 Å². The molecule has 0 radical (unpaired) electrons. The molecule has 0 atom stereocenters. The molecule has 0 spiro atoms. The van der Waals surface area contributed by atoms with E-state index in [0.29, 0.717) is 27.8 Å². The third-order valence-corrected chi connectivity index (χ3v) is 5.14. The normalized spacial score (nSPS) is 11.6. The van der Waals surface area contributed by atoms with Crippen LogP contribution in [0, 0.1) is 0 Å². The number of oxazole rings is 1. The topological polar surface area (TPSA) is 107 Å². The number of ether oxygens (including phenoxy) is 1. The molecule has 1 heterocycles. The maximum absolute atomic E-state index is 13.0. The highest BCUT2D eigenvalue weighted by Crippen LogP contribution is 2.31. The van der Waals surface area contributed by atoms with Gasteiger partial charge in [-0.2, -0.15) is 0 Å². The molecule has 8 heteroatoms. The molecule has 0 unspecified atom stereocenters. The number of nitrogens with one attached hydrogen (secondary N) is 1. The molecule has 0 aliphatic carbocycles. The smallest absolute Gasteiger partial charge is 0.255 e. The first kappa shape index (κ1) is 20.7. The SMILES string of the molecule is CC(C)(NC(=O)c1ccc2ccccc2c1OCc1nc2ccc(Cl)cc2o1)C(N)=O. The van der Waals surface area contributed by atoms with Crippen molar-refractivity contribution in [1.29, 1.82) is 0 Å². The van der Waals surface area contributed by atoms with Gasteiger partial charge in [-0.1, -0.05) is 41.9 Å². The summed E-state index contributed by atoms with van der Waals surface area (Å²) in [4.78, 5) is 29.0. The summed E-state index contributed by atoms with van der Waals surface area (Å²) in [5, 5.41) is 4.84. The van der Waals surface area contributed by atoms with Crippen molar-refractivity contribution >= 4 is 45.3 Å². The minimum atomic E-state index is -1.22. The van der Waals surface area contributed by atoms with Gasteiger partial charge in [-0.15, -0.1) is 0 Å². The second-order valence-corrected chi connectivity index (χ2v) is 8.05. The van der Waals surface area contributed by atoms with Gasteiger partial charge in [0.2, 0.25) is 11.8 Å². The van der Waals surface area contributed by atoms with Crippen molar-refractivity contribution in [3.8, 4) is 5.75 Å². The van der Waals surface area contributed by atoms with Gasteiger partial charge in [-0.25, -0.2) is 4.98 Å². The van der Waals surface area contributed by atoms with Crippen LogP contribution in [0.2, 0.25) is 5.02 Å². The van der Waals surface area contributed by atoms with Crippen LogP contribution in [0.25, 0.3) is 21.9 Å². The zero-order valence-electron chi connectivity index (χ0n) is 16.9. The third kappa shape index (κ3) is 4.18. The highest BCUT2D eigenvalue weighted by atomic mass is 35.5. The van der Waals surface area contributed by atoms with Crippen molar-refractivity contribution in [1.82, 2.24) is 10.3 Å². The molecule has 158 valence electrons. The van der Waals surface area contributed by atoms with Crippen molar-refractivity contribution in [2.75, 3.05) is 0 Å². The number of aromatic nitrogens is 1. The largest absolute Gasteiger partial charge is 0.482 e. The third-order valence-electron chi connectivity index (χ3n) is 4.90. The number of amides is 2. The molecule has 4 rings (SSSR count). The summed E-state index contributed by atoms with van der Waals surface area (Å²) >= 11 is 6.00. The molecule has 3 N–H and O–H groups in total. The maximum atomic E-state index is 13.0. The van der Waals surface area contributed by atoms with E-state index in [0.717, 1.165) is 10.8 Å². The quantitative estimate of drug-likeness (QED) is 0.470. The molecule has 31 heavy (non-hydrogen) atoms. The van der Waals surface area contributed by atoms with Gasteiger partial charge < -0.3 is 20.2 Å². The van der Waals surface area contributed by atoms with Crippen LogP contribution in [-0.4, -0.2) is 22.3 Å². The molecule has 3 aromatic carbocycles. The zero-order valence-corrected chi connectivity index (χ0v) is 17.7. The summed E-state index contributed by atoms with van der Waals surface area (Å²) in [6, 6.07) is 16.1. The van der Waals surface area contributed by atoms with E-state index in [1.54, 1.807) is 24.3 Å². The van der Waals surface area contributed by atoms with Crippen LogP contribution in [0.4, 0.5) is 0 Å². The predicted octanol–water partition coefficient (Wildman–Crippen LogP) is 4.21. The highest BCUT2D eigenvalue weighted by molar-refractivity contribution is 6.31. The molecule has 0 fully saturated rings. The molecule has 1 aromatic heterocycles. The van der Waals surface area contributed by atoms with Gasteiger partial charge in [0.25, 0.3) is 5.91 Å². The maximum Gasteiger partial charge on any atom is 0.255 e. The van der Waals surface area contributed by atoms with E-state index in [1.807, 2.05) is 30.3 Å². The van der Waals surface area contributed by atoms with E-state index in [2.05, 4.69) is 10.3 Å². The van der Waals surface area contributed by atoms with Crippen LogP contribution in [-0.2, 0) is 11.4 Å². The Bertz CT molecular complexity index is 1310. The summed E-state index contributed by atoms with van der Waals surface area (Å²) in [5.74, 6) is -0.423. The summed E-state index contributed by atoms with van der Waals surface area (Å²) in [7, 11) is 0. The van der Waals surface area contributed by atoms with Crippen molar-refractivity contribution in [2.45, 2.75) is 26.0 Å². The van der Waals surface area contributed by atoms with Crippen LogP contribution in [0.1, 0.15) is 30.1 Å². The number of carbonyl (C=O) groups excluding carboxylic acids is 2. The van der Waals surface area contributed by atoms with Gasteiger partial charge in [0.1, 0.15) is 16.8 Å². The number of primary amides is 1. The van der Waals surface area contributed by atoms with E-state index in [-0.39, 0.29) is 12.2 Å². The first-order chi connectivity index (χ1) is 14.7. The van der Waals surface area contributed by atoms with Crippen molar-refractivity contribution in [3.63, 3.8) is 0 Å². The number of rotatable bonds is 6. The van der Waals surface area contributed by atoms with Crippen LogP contribution in [0.3, 0.4) is 0 Å². The second-order valence-electron chi connectivity index (χ2n) is 7.62. The van der Waals surface area contributed by atoms with Gasteiger partial charge in [0.05, 0.1) is 5.56 Å². The molecule has 4 aromatic rings. The summed E-state index contributed by atoms with van der Waals surface area (Å²) < 4.78 is 11.7. The Hall–Kier alpha value is -3.58. The first-order valence-electron chi connectivity index (χ1n) is 9.56. The molecule has 7 nitrogen and oxygen atoms in total. The lowest BCUT2D eigenvalue weighted by Crippen LogP contribution is -2.53. The fourth-order valence-electron chi connectivity index (χ4n) is 3.13. The fourth-order valence-corrected chi connectivity index (χ4v) is 3.29. The molecule has 0 aliphatic heterocycles. The van der Waals surface area contributed by atoms with Crippen molar-refractivity contribution in [2.24, 2.45) is 5.73 Å². The lowest BCUT2D eigenvalue weighted by Gasteiger charge is -2.23. The number of halogens is 1. The highest BCUT2D eigenvalue weighted by Gasteiger charge is 2.29. The Balaban J connectivity index is 1.69. The molecular weight excluding hydrogens is 418 g/mol. The zero-order chi connectivity index (χ0) is 22.2. The van der Waals surface area contributed by atoms with E-state index in [9.17, 15) is 9.59 Å². The summed E-state index contributed by atoms with van der Waals surface area (Å²) in [6.07, 6.45) is 0. The van der Waals surface area contributed by atoms with Gasteiger partial charge in [0.15, 0.2) is 12.2 Å². The predicted molar refractivity (Wildman–Crippen MR) is 118 cm³/mol. The Morgan fingerprint density at radius 1 is 1.16 bits per heavy atom. The molecular formula is C23H20ClN3O4. The average molecular weight is 438 g/mol. The summed E-state index contributed by atoms with van der Waals surface area (Å²) in [6.45, 7) is 3.08.